The van der Waals surface area contributed by atoms with E-state index in [1.165, 1.54) is 5.06 Å². The van der Waals surface area contributed by atoms with Crippen molar-refractivity contribution in [3.8, 4) is 0 Å². The zero-order valence-corrected chi connectivity index (χ0v) is 8.20. The van der Waals surface area contributed by atoms with E-state index in [9.17, 15) is 0 Å². The second kappa shape index (κ2) is 7.07. The minimum Gasteiger partial charge on any atom is -0.314 e. The molecule has 12 heavy (non-hydrogen) atoms. The van der Waals surface area contributed by atoms with Gasteiger partial charge in [-0.2, -0.15) is 5.06 Å². The van der Waals surface area contributed by atoms with E-state index in [1.807, 2.05) is 13.0 Å². The zero-order valence-electron chi connectivity index (χ0n) is 8.20. The summed E-state index contributed by atoms with van der Waals surface area (Å²) in [7, 11) is 1.64. The van der Waals surface area contributed by atoms with Gasteiger partial charge in [0.2, 0.25) is 0 Å². The van der Waals surface area contributed by atoms with Crippen LogP contribution in [0.2, 0.25) is 0 Å². The Labute approximate surface area is 75.2 Å². The first-order valence-electron chi connectivity index (χ1n) is 4.34. The Bertz CT molecular complexity index is 150. The molecule has 0 aromatic rings. The molecule has 0 saturated carbocycles. The van der Waals surface area contributed by atoms with Crippen molar-refractivity contribution in [1.29, 1.82) is 0 Å². The SMILES string of the molecule is C/C=C/CC(C)C=CCN(C)O. The topological polar surface area (TPSA) is 23.5 Å². The summed E-state index contributed by atoms with van der Waals surface area (Å²) in [6.45, 7) is 4.78. The molecule has 0 radical (unpaired) electrons. The summed E-state index contributed by atoms with van der Waals surface area (Å²) < 4.78 is 0. The van der Waals surface area contributed by atoms with Crippen LogP contribution in [0.3, 0.4) is 0 Å². The average molecular weight is 169 g/mol. The van der Waals surface area contributed by atoms with E-state index in [0.29, 0.717) is 12.5 Å². The Morgan fingerprint density at radius 3 is 2.58 bits per heavy atom. The van der Waals surface area contributed by atoms with E-state index >= 15 is 0 Å². The van der Waals surface area contributed by atoms with Crippen molar-refractivity contribution >= 4 is 0 Å². The molecule has 0 heterocycles. The highest BCUT2D eigenvalue weighted by molar-refractivity contribution is 4.91. The summed E-state index contributed by atoms with van der Waals surface area (Å²) in [6.07, 6.45) is 9.38. The molecule has 0 aliphatic rings. The Balaban J connectivity index is 3.53. The molecule has 2 heteroatoms. The van der Waals surface area contributed by atoms with Crippen molar-refractivity contribution in [1.82, 2.24) is 5.06 Å². The molecule has 0 aliphatic heterocycles. The van der Waals surface area contributed by atoms with E-state index in [1.54, 1.807) is 7.05 Å². The number of nitrogens with zero attached hydrogens (tertiary/aromatic N) is 1. The van der Waals surface area contributed by atoms with Crippen molar-refractivity contribution in [3.05, 3.63) is 24.3 Å². The molecule has 0 aromatic heterocycles. The molecule has 0 bridgehead atoms. The van der Waals surface area contributed by atoms with Gasteiger partial charge in [0.1, 0.15) is 0 Å². The van der Waals surface area contributed by atoms with Gasteiger partial charge >= 0.3 is 0 Å². The van der Waals surface area contributed by atoms with E-state index in [2.05, 4.69) is 25.2 Å². The van der Waals surface area contributed by atoms with E-state index < -0.39 is 0 Å². The number of allylic oxidation sites excluding steroid dienone is 3. The van der Waals surface area contributed by atoms with E-state index in [-0.39, 0.29) is 0 Å². The van der Waals surface area contributed by atoms with Gasteiger partial charge in [0.25, 0.3) is 0 Å². The standard InChI is InChI=1S/C10H19NO/c1-4-5-7-10(2)8-6-9-11(3)12/h4-6,8,10,12H,7,9H2,1-3H3/b5-4+,8-6?. The fourth-order valence-corrected chi connectivity index (χ4v) is 0.875. The van der Waals surface area contributed by atoms with Crippen LogP contribution in [-0.4, -0.2) is 23.9 Å². The summed E-state index contributed by atoms with van der Waals surface area (Å²) in [4.78, 5) is 0. The Morgan fingerprint density at radius 2 is 2.08 bits per heavy atom. The molecule has 0 rings (SSSR count). The number of hydrogen-bond donors (Lipinski definition) is 1. The number of hydroxylamine groups is 2. The van der Waals surface area contributed by atoms with E-state index in [0.717, 1.165) is 6.42 Å². The van der Waals surface area contributed by atoms with Gasteiger partial charge in [0.05, 0.1) is 0 Å². The largest absolute Gasteiger partial charge is 0.314 e. The lowest BCUT2D eigenvalue weighted by Crippen LogP contribution is -2.11. The van der Waals surface area contributed by atoms with Crippen LogP contribution >= 0.6 is 0 Å². The third kappa shape index (κ3) is 7.51. The highest BCUT2D eigenvalue weighted by Gasteiger charge is 1.92. The summed E-state index contributed by atoms with van der Waals surface area (Å²) in [5.41, 5.74) is 0. The van der Waals surface area contributed by atoms with Crippen LogP contribution in [0.5, 0.6) is 0 Å². The van der Waals surface area contributed by atoms with E-state index in [4.69, 9.17) is 5.21 Å². The zero-order chi connectivity index (χ0) is 9.40. The lowest BCUT2D eigenvalue weighted by atomic mass is 10.1. The van der Waals surface area contributed by atoms with Gasteiger partial charge in [-0.3, -0.25) is 0 Å². The van der Waals surface area contributed by atoms with Crippen LogP contribution in [0.15, 0.2) is 24.3 Å². The molecule has 0 aliphatic carbocycles. The number of hydrogen-bond acceptors (Lipinski definition) is 2. The van der Waals surface area contributed by atoms with Crippen molar-refractivity contribution in [3.63, 3.8) is 0 Å². The highest BCUT2D eigenvalue weighted by atomic mass is 16.5. The monoisotopic (exact) mass is 169 g/mol. The summed E-state index contributed by atoms with van der Waals surface area (Å²) in [6, 6.07) is 0. The lowest BCUT2D eigenvalue weighted by Gasteiger charge is -2.04. The molecular formula is C10H19NO. The lowest BCUT2D eigenvalue weighted by molar-refractivity contribution is -0.0534. The molecule has 0 saturated heterocycles. The van der Waals surface area contributed by atoms with Gasteiger partial charge in [-0.1, -0.05) is 31.2 Å². The molecule has 70 valence electrons. The Kier molecular flexibility index (Phi) is 6.72. The first kappa shape index (κ1) is 11.4. The minimum atomic E-state index is 0.557. The maximum atomic E-state index is 8.81. The van der Waals surface area contributed by atoms with Crippen LogP contribution in [-0.2, 0) is 0 Å². The van der Waals surface area contributed by atoms with Gasteiger partial charge in [-0.05, 0) is 19.3 Å². The predicted octanol–water partition coefficient (Wildman–Crippen LogP) is 2.47. The second-order valence-corrected chi connectivity index (χ2v) is 3.05. The molecule has 0 amide bonds. The highest BCUT2D eigenvalue weighted by Crippen LogP contribution is 2.04. The van der Waals surface area contributed by atoms with Crippen LogP contribution < -0.4 is 0 Å². The number of rotatable bonds is 5. The summed E-state index contributed by atoms with van der Waals surface area (Å²) in [5, 5.41) is 9.97. The molecule has 0 fully saturated rings. The molecule has 0 aromatic carbocycles. The normalized spacial score (nSPS) is 15.1. The molecule has 2 nitrogen and oxygen atoms in total. The van der Waals surface area contributed by atoms with Gasteiger partial charge < -0.3 is 5.21 Å². The van der Waals surface area contributed by atoms with Gasteiger partial charge in [0.15, 0.2) is 0 Å². The van der Waals surface area contributed by atoms with Crippen molar-refractivity contribution in [2.24, 2.45) is 5.92 Å². The van der Waals surface area contributed by atoms with Crippen LogP contribution in [0.1, 0.15) is 20.3 Å². The predicted molar refractivity (Wildman–Crippen MR) is 52.2 cm³/mol. The van der Waals surface area contributed by atoms with Crippen LogP contribution in [0.4, 0.5) is 0 Å². The van der Waals surface area contributed by atoms with Gasteiger partial charge in [-0.25, -0.2) is 0 Å². The molecular weight excluding hydrogens is 150 g/mol. The summed E-state index contributed by atoms with van der Waals surface area (Å²) >= 11 is 0. The third-order valence-electron chi connectivity index (χ3n) is 1.58. The maximum absolute atomic E-state index is 8.81. The molecule has 1 atom stereocenters. The van der Waals surface area contributed by atoms with Crippen molar-refractivity contribution in [2.75, 3.05) is 13.6 Å². The molecule has 1 unspecified atom stereocenters. The van der Waals surface area contributed by atoms with Crippen LogP contribution in [0, 0.1) is 5.92 Å². The molecule has 0 spiro atoms. The average Bonchev–Trinajstić information content (AvgIpc) is 2.00. The maximum Gasteiger partial charge on any atom is 0.0415 e. The van der Waals surface area contributed by atoms with Crippen molar-refractivity contribution < 1.29 is 5.21 Å². The Morgan fingerprint density at radius 1 is 1.42 bits per heavy atom. The first-order valence-corrected chi connectivity index (χ1v) is 4.34. The number of likely N-dealkylation sites (N-methyl/N-ethyl adjacent to an activating group) is 1. The fourth-order valence-electron chi connectivity index (χ4n) is 0.875. The smallest absolute Gasteiger partial charge is 0.0415 e. The Hall–Kier alpha value is -0.600. The van der Waals surface area contributed by atoms with Gasteiger partial charge in [0, 0.05) is 13.6 Å². The first-order chi connectivity index (χ1) is 5.66. The minimum absolute atomic E-state index is 0.557. The fraction of sp³-hybridized carbons (Fsp3) is 0.600. The second-order valence-electron chi connectivity index (χ2n) is 3.05. The quantitative estimate of drug-likeness (QED) is 0.505. The van der Waals surface area contributed by atoms with Crippen molar-refractivity contribution in [2.45, 2.75) is 20.3 Å². The van der Waals surface area contributed by atoms with Gasteiger partial charge in [-0.15, -0.1) is 0 Å². The van der Waals surface area contributed by atoms with Crippen LogP contribution in [0.25, 0.3) is 0 Å². The summed E-state index contributed by atoms with van der Waals surface area (Å²) in [5.74, 6) is 0.557. The third-order valence-corrected chi connectivity index (χ3v) is 1.58. The molecule has 1 N–H and O–H groups in total.